The molecule has 1 N–H and O–H groups in total. The van der Waals surface area contributed by atoms with Gasteiger partial charge in [0.2, 0.25) is 0 Å². The molecule has 0 atom stereocenters. The quantitative estimate of drug-likeness (QED) is 0.491. The number of rotatable bonds is 2. The number of para-hydroxylation sites is 2. The summed E-state index contributed by atoms with van der Waals surface area (Å²) in [6, 6.07) is 22.4. The van der Waals surface area contributed by atoms with E-state index >= 15 is 0 Å². The first-order valence-electron chi connectivity index (χ1n) is 8.39. The minimum atomic E-state index is -3.73. The lowest BCUT2D eigenvalue weighted by Crippen LogP contribution is -2.12. The first-order valence-corrected chi connectivity index (χ1v) is 9.83. The van der Waals surface area contributed by atoms with Gasteiger partial charge >= 0.3 is 0 Å². The lowest BCUT2D eigenvalue weighted by molar-refractivity contribution is 0.590. The van der Waals surface area contributed by atoms with E-state index in [1.165, 1.54) is 3.97 Å². The molecule has 5 aromatic rings. The number of nitrogens with one attached hydrogen (secondary N) is 1. The van der Waals surface area contributed by atoms with Crippen LogP contribution in [0.15, 0.2) is 77.7 Å². The Labute approximate surface area is 150 Å². The number of hydrogen-bond acceptors (Lipinski definition) is 2. The lowest BCUT2D eigenvalue weighted by Gasteiger charge is -2.09. The van der Waals surface area contributed by atoms with Crippen molar-refractivity contribution in [3.63, 3.8) is 0 Å². The smallest absolute Gasteiger partial charge is 0.268 e. The number of hydrogen-bond donors (Lipinski definition) is 1. The monoisotopic (exact) mass is 360 g/mol. The number of aryl methyl sites for hydroxylation is 1. The number of aromatic nitrogens is 2. The molecule has 2 heterocycles. The maximum Gasteiger partial charge on any atom is 0.268 e. The van der Waals surface area contributed by atoms with Crippen molar-refractivity contribution in [3.05, 3.63) is 78.4 Å². The highest BCUT2D eigenvalue weighted by molar-refractivity contribution is 7.90. The summed E-state index contributed by atoms with van der Waals surface area (Å²) in [6.45, 7) is 1.94. The molecule has 26 heavy (non-hydrogen) atoms. The highest BCUT2D eigenvalue weighted by atomic mass is 32.2. The van der Waals surface area contributed by atoms with E-state index in [1.54, 1.807) is 12.1 Å². The molecule has 0 bridgehead atoms. The number of nitrogens with zero attached hydrogens (tertiary/aromatic N) is 1. The molecule has 0 aliphatic rings. The Kier molecular flexibility index (Phi) is 3.06. The van der Waals surface area contributed by atoms with Crippen LogP contribution >= 0.6 is 0 Å². The van der Waals surface area contributed by atoms with E-state index in [2.05, 4.69) is 4.98 Å². The van der Waals surface area contributed by atoms with E-state index in [0.29, 0.717) is 11.0 Å². The predicted octanol–water partition coefficient (Wildman–Crippen LogP) is 4.82. The SMILES string of the molecule is Cc1ccc(S(=O)(=O)n2c3ccccc3c3[nH]c4ccccc4c32)cc1. The van der Waals surface area contributed by atoms with Gasteiger partial charge in [-0.15, -0.1) is 0 Å². The van der Waals surface area contributed by atoms with E-state index in [0.717, 1.165) is 27.4 Å². The number of fused-ring (bicyclic) bond motifs is 5. The van der Waals surface area contributed by atoms with Gasteiger partial charge in [-0.2, -0.15) is 0 Å². The van der Waals surface area contributed by atoms with Crippen molar-refractivity contribution in [2.24, 2.45) is 0 Å². The highest BCUT2D eigenvalue weighted by Crippen LogP contribution is 2.36. The van der Waals surface area contributed by atoms with Crippen molar-refractivity contribution in [1.29, 1.82) is 0 Å². The third-order valence-corrected chi connectivity index (χ3v) is 6.56. The molecule has 2 aromatic heterocycles. The molecule has 0 radical (unpaired) electrons. The zero-order chi connectivity index (χ0) is 17.9. The zero-order valence-electron chi connectivity index (χ0n) is 14.1. The molecule has 0 saturated carbocycles. The number of benzene rings is 3. The molecular formula is C21H16N2O2S. The van der Waals surface area contributed by atoms with Crippen molar-refractivity contribution >= 4 is 42.9 Å². The summed E-state index contributed by atoms with van der Waals surface area (Å²) in [5.41, 5.74) is 4.18. The molecule has 5 rings (SSSR count). The normalized spacial score (nSPS) is 12.3. The molecule has 0 unspecified atom stereocenters. The molecule has 0 aliphatic carbocycles. The Morgan fingerprint density at radius 2 is 1.46 bits per heavy atom. The molecule has 5 heteroatoms. The van der Waals surface area contributed by atoms with Gasteiger partial charge in [-0.3, -0.25) is 0 Å². The molecule has 4 nitrogen and oxygen atoms in total. The van der Waals surface area contributed by atoms with Gasteiger partial charge in [-0.1, -0.05) is 54.1 Å². The van der Waals surface area contributed by atoms with Crippen molar-refractivity contribution < 1.29 is 8.42 Å². The van der Waals surface area contributed by atoms with Gasteiger partial charge in [0.1, 0.15) is 0 Å². The first kappa shape index (κ1) is 15.2. The predicted molar refractivity (Wildman–Crippen MR) is 105 cm³/mol. The largest absolute Gasteiger partial charge is 0.353 e. The third-order valence-electron chi connectivity index (χ3n) is 4.83. The topological polar surface area (TPSA) is 54.9 Å². The highest BCUT2D eigenvalue weighted by Gasteiger charge is 2.25. The van der Waals surface area contributed by atoms with E-state index in [4.69, 9.17) is 0 Å². The van der Waals surface area contributed by atoms with Crippen LogP contribution in [0.25, 0.3) is 32.8 Å². The van der Waals surface area contributed by atoms with Crippen molar-refractivity contribution in [3.8, 4) is 0 Å². The summed E-state index contributed by atoms with van der Waals surface area (Å²) >= 11 is 0. The molecule has 0 aliphatic heterocycles. The Bertz CT molecular complexity index is 1390. The average molecular weight is 360 g/mol. The molecular weight excluding hydrogens is 344 g/mol. The molecule has 0 amide bonds. The fourth-order valence-electron chi connectivity index (χ4n) is 3.58. The van der Waals surface area contributed by atoms with Crippen molar-refractivity contribution in [2.45, 2.75) is 11.8 Å². The van der Waals surface area contributed by atoms with Crippen LogP contribution in [0.3, 0.4) is 0 Å². The molecule has 128 valence electrons. The van der Waals surface area contributed by atoms with E-state index in [-0.39, 0.29) is 4.90 Å². The maximum atomic E-state index is 13.5. The Hall–Kier alpha value is -3.05. The van der Waals surface area contributed by atoms with E-state index in [1.807, 2.05) is 67.6 Å². The summed E-state index contributed by atoms with van der Waals surface area (Å²) in [5, 5.41) is 1.80. The second kappa shape index (κ2) is 5.22. The van der Waals surface area contributed by atoms with Gasteiger partial charge < -0.3 is 4.98 Å². The van der Waals surface area contributed by atoms with Gasteiger partial charge in [0.25, 0.3) is 10.0 Å². The van der Waals surface area contributed by atoms with Crippen LogP contribution in [-0.2, 0) is 10.0 Å². The van der Waals surface area contributed by atoms with Gasteiger partial charge in [0.05, 0.1) is 21.4 Å². The third kappa shape index (κ3) is 1.98. The second-order valence-electron chi connectivity index (χ2n) is 6.49. The zero-order valence-corrected chi connectivity index (χ0v) is 14.9. The minimum absolute atomic E-state index is 0.288. The lowest BCUT2D eigenvalue weighted by atomic mass is 10.2. The second-order valence-corrected chi connectivity index (χ2v) is 8.28. The Morgan fingerprint density at radius 1 is 0.808 bits per heavy atom. The van der Waals surface area contributed by atoms with Crippen molar-refractivity contribution in [1.82, 2.24) is 8.96 Å². The number of aromatic amines is 1. The first-order chi connectivity index (χ1) is 12.6. The van der Waals surface area contributed by atoms with Crippen LogP contribution < -0.4 is 0 Å². The summed E-state index contributed by atoms with van der Waals surface area (Å²) in [5.74, 6) is 0. The fourth-order valence-corrected chi connectivity index (χ4v) is 5.12. The van der Waals surface area contributed by atoms with Crippen LogP contribution in [-0.4, -0.2) is 17.4 Å². The van der Waals surface area contributed by atoms with Crippen molar-refractivity contribution in [2.75, 3.05) is 0 Å². The summed E-state index contributed by atoms with van der Waals surface area (Å²) in [6.07, 6.45) is 0. The molecule has 3 aromatic carbocycles. The van der Waals surface area contributed by atoms with Crippen LogP contribution in [0.1, 0.15) is 5.56 Å². The molecule has 0 spiro atoms. The van der Waals surface area contributed by atoms with E-state index < -0.39 is 10.0 Å². The summed E-state index contributed by atoms with van der Waals surface area (Å²) in [7, 11) is -3.73. The van der Waals surface area contributed by atoms with Gasteiger partial charge in [0, 0.05) is 16.3 Å². The average Bonchev–Trinajstić information content (AvgIpc) is 3.17. The maximum absolute atomic E-state index is 13.5. The van der Waals surface area contributed by atoms with Gasteiger partial charge in [0.15, 0.2) is 0 Å². The van der Waals surface area contributed by atoms with Gasteiger partial charge in [-0.05, 0) is 31.2 Å². The molecule has 0 saturated heterocycles. The summed E-state index contributed by atoms with van der Waals surface area (Å²) in [4.78, 5) is 3.68. The molecule has 0 fully saturated rings. The van der Waals surface area contributed by atoms with Crippen LogP contribution in [0.5, 0.6) is 0 Å². The van der Waals surface area contributed by atoms with Gasteiger partial charge in [-0.25, -0.2) is 12.4 Å². The standard InChI is InChI=1S/C21H16N2O2S/c1-14-10-12-15(13-11-14)26(24,25)23-19-9-5-3-7-17(19)20-21(23)16-6-2-4-8-18(16)22-20/h2-13,22H,1H3. The minimum Gasteiger partial charge on any atom is -0.353 e. The van der Waals surface area contributed by atoms with Crippen LogP contribution in [0.2, 0.25) is 0 Å². The van der Waals surface area contributed by atoms with Crippen LogP contribution in [0, 0.1) is 6.92 Å². The summed E-state index contributed by atoms with van der Waals surface area (Å²) < 4.78 is 28.5. The Balaban J connectivity index is 1.98. The van der Waals surface area contributed by atoms with E-state index in [9.17, 15) is 8.42 Å². The fraction of sp³-hybridized carbons (Fsp3) is 0.0476. The van der Waals surface area contributed by atoms with Crippen LogP contribution in [0.4, 0.5) is 0 Å². The number of H-pyrrole nitrogens is 1. The Morgan fingerprint density at radius 3 is 2.23 bits per heavy atom.